The molecule has 0 aliphatic heterocycles. The summed E-state index contributed by atoms with van der Waals surface area (Å²) in [5, 5.41) is 3.35. The average molecular weight is 219 g/mol. The number of rotatable bonds is 6. The molecule has 0 saturated carbocycles. The maximum atomic E-state index is 11.6. The fourth-order valence-electron chi connectivity index (χ4n) is 0.964. The fraction of sp³-hybridized carbons (Fsp3) is 1.00. The molecule has 3 heteroatoms. The van der Waals surface area contributed by atoms with Crippen LogP contribution < -0.4 is 5.32 Å². The van der Waals surface area contributed by atoms with E-state index in [1.165, 1.54) is 6.42 Å². The van der Waals surface area contributed by atoms with Gasteiger partial charge in [-0.1, -0.05) is 20.3 Å². The molecule has 0 aliphatic carbocycles. The topological polar surface area (TPSA) is 29.1 Å². The smallest absolute Gasteiger partial charge is 0.0375 e. The van der Waals surface area contributed by atoms with Crippen LogP contribution in [0.15, 0.2) is 0 Å². The van der Waals surface area contributed by atoms with Crippen LogP contribution >= 0.6 is 0 Å². The third-order valence-corrected chi connectivity index (χ3v) is 4.28. The highest BCUT2D eigenvalue weighted by molar-refractivity contribution is 7.86. The first-order valence-corrected chi connectivity index (χ1v) is 6.79. The van der Waals surface area contributed by atoms with Gasteiger partial charge in [-0.15, -0.1) is 0 Å². The monoisotopic (exact) mass is 219 g/mol. The third-order valence-electron chi connectivity index (χ3n) is 2.34. The molecule has 0 radical (unpaired) electrons. The van der Waals surface area contributed by atoms with Crippen LogP contribution in [0.1, 0.15) is 41.0 Å². The van der Waals surface area contributed by atoms with E-state index in [1.54, 1.807) is 0 Å². The van der Waals surface area contributed by atoms with Crippen LogP contribution in [0.4, 0.5) is 0 Å². The van der Waals surface area contributed by atoms with Gasteiger partial charge in [-0.05, 0) is 33.2 Å². The van der Waals surface area contributed by atoms with Crippen LogP contribution in [0.25, 0.3) is 0 Å². The summed E-state index contributed by atoms with van der Waals surface area (Å²) in [6, 6.07) is 0. The number of hydrogen-bond acceptors (Lipinski definition) is 2. The van der Waals surface area contributed by atoms with Gasteiger partial charge in [0.15, 0.2) is 0 Å². The third kappa shape index (κ3) is 6.55. The first kappa shape index (κ1) is 14.1. The SMILES string of the molecule is CCC(C)CNCCS(=O)C(C)(C)C. The molecule has 2 atom stereocenters. The van der Waals surface area contributed by atoms with E-state index in [2.05, 4.69) is 19.2 Å². The summed E-state index contributed by atoms with van der Waals surface area (Å²) in [7, 11) is -0.716. The molecular weight excluding hydrogens is 194 g/mol. The summed E-state index contributed by atoms with van der Waals surface area (Å²) in [6.07, 6.45) is 1.20. The Labute approximate surface area is 91.3 Å². The molecule has 0 rings (SSSR count). The van der Waals surface area contributed by atoms with Gasteiger partial charge in [-0.3, -0.25) is 4.21 Å². The molecule has 0 aliphatic rings. The largest absolute Gasteiger partial charge is 0.316 e. The number of nitrogens with one attached hydrogen (secondary N) is 1. The van der Waals surface area contributed by atoms with Crippen molar-refractivity contribution in [1.82, 2.24) is 5.32 Å². The highest BCUT2D eigenvalue weighted by Gasteiger charge is 2.18. The minimum absolute atomic E-state index is 0.0714. The highest BCUT2D eigenvalue weighted by atomic mass is 32.2. The average Bonchev–Trinajstić information content (AvgIpc) is 2.09. The molecule has 0 spiro atoms. The first-order chi connectivity index (χ1) is 6.38. The van der Waals surface area contributed by atoms with Gasteiger partial charge in [-0.25, -0.2) is 0 Å². The van der Waals surface area contributed by atoms with Crippen LogP contribution in [0.2, 0.25) is 0 Å². The summed E-state index contributed by atoms with van der Waals surface area (Å²) in [5.41, 5.74) is 0. The quantitative estimate of drug-likeness (QED) is 0.694. The van der Waals surface area contributed by atoms with E-state index in [-0.39, 0.29) is 4.75 Å². The highest BCUT2D eigenvalue weighted by Crippen LogP contribution is 2.10. The van der Waals surface area contributed by atoms with Gasteiger partial charge in [0.1, 0.15) is 0 Å². The molecule has 0 aromatic carbocycles. The van der Waals surface area contributed by atoms with Gasteiger partial charge in [0, 0.05) is 27.8 Å². The van der Waals surface area contributed by atoms with Crippen molar-refractivity contribution in [1.29, 1.82) is 0 Å². The van der Waals surface area contributed by atoms with E-state index in [0.717, 1.165) is 24.8 Å². The zero-order valence-corrected chi connectivity index (χ0v) is 11.0. The van der Waals surface area contributed by atoms with Crippen molar-refractivity contribution in [2.24, 2.45) is 5.92 Å². The van der Waals surface area contributed by atoms with E-state index in [0.29, 0.717) is 0 Å². The van der Waals surface area contributed by atoms with Crippen molar-refractivity contribution in [3.63, 3.8) is 0 Å². The van der Waals surface area contributed by atoms with Crippen molar-refractivity contribution in [3.8, 4) is 0 Å². The zero-order valence-electron chi connectivity index (χ0n) is 10.2. The van der Waals surface area contributed by atoms with E-state index >= 15 is 0 Å². The number of hydrogen-bond donors (Lipinski definition) is 1. The molecule has 86 valence electrons. The molecule has 0 aromatic rings. The lowest BCUT2D eigenvalue weighted by atomic mass is 10.1. The standard InChI is InChI=1S/C11H25NOS/c1-6-10(2)9-12-7-8-14(13)11(3,4)5/h10,12H,6-9H2,1-5H3. The van der Waals surface area contributed by atoms with Crippen molar-refractivity contribution < 1.29 is 4.21 Å². The van der Waals surface area contributed by atoms with Gasteiger partial charge < -0.3 is 5.32 Å². The molecule has 0 amide bonds. The molecule has 0 bridgehead atoms. The van der Waals surface area contributed by atoms with Gasteiger partial charge in [0.25, 0.3) is 0 Å². The van der Waals surface area contributed by atoms with Gasteiger partial charge >= 0.3 is 0 Å². The molecule has 0 heterocycles. The second-order valence-electron chi connectivity index (χ2n) is 4.88. The van der Waals surface area contributed by atoms with E-state index in [1.807, 2.05) is 20.8 Å². The lowest BCUT2D eigenvalue weighted by molar-refractivity contribution is 0.509. The lowest BCUT2D eigenvalue weighted by Gasteiger charge is -2.18. The van der Waals surface area contributed by atoms with Crippen molar-refractivity contribution >= 4 is 10.8 Å². The Morgan fingerprint density at radius 3 is 2.36 bits per heavy atom. The van der Waals surface area contributed by atoms with Crippen LogP contribution in [0.5, 0.6) is 0 Å². The predicted molar refractivity (Wildman–Crippen MR) is 65.1 cm³/mol. The maximum Gasteiger partial charge on any atom is 0.0375 e. The Morgan fingerprint density at radius 2 is 1.93 bits per heavy atom. The molecule has 0 fully saturated rings. The van der Waals surface area contributed by atoms with Crippen LogP contribution in [0.3, 0.4) is 0 Å². The van der Waals surface area contributed by atoms with Gasteiger partial charge in [0.05, 0.1) is 0 Å². The molecule has 2 unspecified atom stereocenters. The van der Waals surface area contributed by atoms with Crippen LogP contribution in [-0.2, 0) is 10.8 Å². The lowest BCUT2D eigenvalue weighted by Crippen LogP contribution is -2.31. The van der Waals surface area contributed by atoms with Gasteiger partial charge in [0.2, 0.25) is 0 Å². The molecule has 0 aromatic heterocycles. The molecule has 14 heavy (non-hydrogen) atoms. The van der Waals surface area contributed by atoms with Crippen LogP contribution in [-0.4, -0.2) is 27.8 Å². The summed E-state index contributed by atoms with van der Waals surface area (Å²) in [4.78, 5) is 0. The Kier molecular flexibility index (Phi) is 6.62. The van der Waals surface area contributed by atoms with Crippen LogP contribution in [0, 0.1) is 5.92 Å². The summed E-state index contributed by atoms with van der Waals surface area (Å²) in [5.74, 6) is 1.48. The fourth-order valence-corrected chi connectivity index (χ4v) is 1.91. The molecule has 1 N–H and O–H groups in total. The maximum absolute atomic E-state index is 11.6. The van der Waals surface area contributed by atoms with Crippen molar-refractivity contribution in [2.45, 2.75) is 45.8 Å². The Balaban J connectivity index is 3.51. The Bertz CT molecular complexity index is 175. The normalized spacial score (nSPS) is 16.6. The molecular formula is C11H25NOS. The van der Waals surface area contributed by atoms with Gasteiger partial charge in [-0.2, -0.15) is 0 Å². The summed E-state index contributed by atoms with van der Waals surface area (Å²) in [6.45, 7) is 12.4. The predicted octanol–water partition coefficient (Wildman–Crippen LogP) is 2.17. The molecule has 2 nitrogen and oxygen atoms in total. The summed E-state index contributed by atoms with van der Waals surface area (Å²) < 4.78 is 11.6. The first-order valence-electron chi connectivity index (χ1n) is 5.47. The van der Waals surface area contributed by atoms with E-state index < -0.39 is 10.8 Å². The Hall–Kier alpha value is 0.110. The second-order valence-corrected chi connectivity index (χ2v) is 7.20. The van der Waals surface area contributed by atoms with Crippen molar-refractivity contribution in [2.75, 3.05) is 18.8 Å². The minimum atomic E-state index is -0.716. The molecule has 0 saturated heterocycles. The van der Waals surface area contributed by atoms with E-state index in [4.69, 9.17) is 0 Å². The van der Waals surface area contributed by atoms with Crippen molar-refractivity contribution in [3.05, 3.63) is 0 Å². The van der Waals surface area contributed by atoms with E-state index in [9.17, 15) is 4.21 Å². The second kappa shape index (κ2) is 6.57. The minimum Gasteiger partial charge on any atom is -0.316 e. The zero-order chi connectivity index (χ0) is 11.2. The summed E-state index contributed by atoms with van der Waals surface area (Å²) >= 11 is 0. The Morgan fingerprint density at radius 1 is 1.36 bits per heavy atom.